The molecule has 3 amide bonds. The topological polar surface area (TPSA) is 165 Å². The first-order valence-corrected chi connectivity index (χ1v) is 12.6. The molecule has 5 N–H and O–H groups in total. The maximum absolute atomic E-state index is 13.2. The molecule has 0 spiro atoms. The fraction of sp³-hybridized carbons (Fsp3) is 0.296. The van der Waals surface area contributed by atoms with Gasteiger partial charge in [-0.3, -0.25) is 14.7 Å². The van der Waals surface area contributed by atoms with Crippen LogP contribution in [0.5, 0.6) is 0 Å². The van der Waals surface area contributed by atoms with E-state index in [4.69, 9.17) is 0 Å². The highest BCUT2D eigenvalue weighted by molar-refractivity contribution is 5.96. The number of aromatic amines is 2. The van der Waals surface area contributed by atoms with Crippen molar-refractivity contribution in [3.8, 4) is 22.4 Å². The lowest BCUT2D eigenvalue weighted by atomic mass is 10.0. The molecule has 2 unspecified atom stereocenters. The van der Waals surface area contributed by atoms with E-state index in [1.165, 1.54) is 7.11 Å². The summed E-state index contributed by atoms with van der Waals surface area (Å²) in [6, 6.07) is 12.7. The Morgan fingerprint density at radius 1 is 1.21 bits per heavy atom. The number of methoxy groups -OCH3 is 1. The van der Waals surface area contributed by atoms with E-state index in [-0.39, 0.29) is 25.0 Å². The summed E-state index contributed by atoms with van der Waals surface area (Å²) in [6.07, 6.45) is 3.26. The minimum absolute atomic E-state index is 0.0926. The van der Waals surface area contributed by atoms with E-state index in [1.54, 1.807) is 11.1 Å². The lowest BCUT2D eigenvalue weighted by Crippen LogP contribution is -2.48. The molecule has 3 heterocycles. The Balaban J connectivity index is 1.33. The second-order valence-corrected chi connectivity index (χ2v) is 9.24. The van der Waals surface area contributed by atoms with Crippen molar-refractivity contribution in [3.05, 3.63) is 54.5 Å². The summed E-state index contributed by atoms with van der Waals surface area (Å²) in [5, 5.41) is 22.3. The van der Waals surface area contributed by atoms with Crippen LogP contribution in [0.25, 0.3) is 33.3 Å². The van der Waals surface area contributed by atoms with E-state index in [0.29, 0.717) is 24.6 Å². The maximum atomic E-state index is 13.2. The normalized spacial score (nSPS) is 15.7. The van der Waals surface area contributed by atoms with Crippen LogP contribution in [-0.2, 0) is 14.3 Å². The van der Waals surface area contributed by atoms with E-state index in [9.17, 15) is 19.5 Å². The third-order valence-corrected chi connectivity index (χ3v) is 6.93. The van der Waals surface area contributed by atoms with Gasteiger partial charge in [0, 0.05) is 18.5 Å². The van der Waals surface area contributed by atoms with E-state index in [2.05, 4.69) is 35.5 Å². The molecule has 1 aliphatic heterocycles. The number of H-pyrrole nitrogens is 2. The Kier molecular flexibility index (Phi) is 7.55. The third kappa shape index (κ3) is 5.32. The number of imidazole rings is 1. The predicted octanol–water partition coefficient (Wildman–Crippen LogP) is 2.96. The van der Waals surface area contributed by atoms with Crippen molar-refractivity contribution in [1.29, 1.82) is 0 Å². The van der Waals surface area contributed by atoms with Crippen LogP contribution in [0.1, 0.15) is 31.1 Å². The number of nitrogens with one attached hydrogen (secondary N) is 4. The predicted molar refractivity (Wildman–Crippen MR) is 144 cm³/mol. The van der Waals surface area contributed by atoms with Crippen LogP contribution in [-0.4, -0.2) is 74.9 Å². The van der Waals surface area contributed by atoms with Gasteiger partial charge in [0.1, 0.15) is 11.9 Å². The molecule has 1 fully saturated rings. The van der Waals surface area contributed by atoms with Crippen LogP contribution < -0.4 is 10.6 Å². The number of alkyl carbamates (subject to hydrolysis) is 1. The molecule has 0 radical (unpaired) electrons. The zero-order valence-corrected chi connectivity index (χ0v) is 21.3. The second kappa shape index (κ2) is 11.4. The van der Waals surface area contributed by atoms with Gasteiger partial charge in [0.15, 0.2) is 5.82 Å². The standard InChI is InChI=1S/C27H29N7O5/c1-39-27(38)31-21(10-12-35)26(37)34-11-2-3-23(34)25-28-14-22(30-25)17-6-4-16(5-7-17)18-8-9-20-19(13-18)24(29-15-36)33-32-20/h4-9,13-15,21,23,35H,2-3,10-12H2,1H3,(H,28,30)(H,31,38)(H2,29,32,33,36). The molecule has 2 aromatic carbocycles. The van der Waals surface area contributed by atoms with Crippen LogP contribution >= 0.6 is 0 Å². The second-order valence-electron chi connectivity index (χ2n) is 9.24. The number of anilines is 1. The maximum Gasteiger partial charge on any atom is 0.407 e. The lowest BCUT2D eigenvalue weighted by molar-refractivity contribution is -0.134. The van der Waals surface area contributed by atoms with E-state index < -0.39 is 12.1 Å². The first kappa shape index (κ1) is 25.9. The fourth-order valence-corrected chi connectivity index (χ4v) is 4.96. The molecule has 4 aromatic rings. The smallest absolute Gasteiger partial charge is 0.407 e. The highest BCUT2D eigenvalue weighted by Gasteiger charge is 2.36. The van der Waals surface area contributed by atoms with E-state index in [0.717, 1.165) is 46.1 Å². The van der Waals surface area contributed by atoms with E-state index in [1.807, 2.05) is 42.5 Å². The number of hydrogen-bond acceptors (Lipinski definition) is 7. The van der Waals surface area contributed by atoms with Crippen molar-refractivity contribution in [2.75, 3.05) is 25.6 Å². The minimum Gasteiger partial charge on any atom is -0.453 e. The van der Waals surface area contributed by atoms with Crippen LogP contribution in [0.15, 0.2) is 48.7 Å². The molecule has 2 aromatic heterocycles. The quantitative estimate of drug-likeness (QED) is 0.207. The van der Waals surface area contributed by atoms with Crippen LogP contribution in [0.2, 0.25) is 0 Å². The van der Waals surface area contributed by atoms with Crippen molar-refractivity contribution < 1.29 is 24.2 Å². The summed E-state index contributed by atoms with van der Waals surface area (Å²) in [6.45, 7) is 0.288. The summed E-state index contributed by atoms with van der Waals surface area (Å²) < 4.78 is 4.63. The molecule has 0 saturated carbocycles. The van der Waals surface area contributed by atoms with Gasteiger partial charge in [-0.05, 0) is 48.1 Å². The Labute approximate surface area is 223 Å². The first-order chi connectivity index (χ1) is 19.0. The summed E-state index contributed by atoms with van der Waals surface area (Å²) in [4.78, 5) is 45.4. The van der Waals surface area contributed by atoms with E-state index >= 15 is 0 Å². The van der Waals surface area contributed by atoms with Gasteiger partial charge in [-0.1, -0.05) is 30.3 Å². The third-order valence-electron chi connectivity index (χ3n) is 6.93. The molecule has 1 saturated heterocycles. The molecular formula is C27H29N7O5. The average molecular weight is 532 g/mol. The minimum atomic E-state index is -0.878. The Morgan fingerprint density at radius 3 is 2.72 bits per heavy atom. The van der Waals surface area contributed by atoms with Crippen molar-refractivity contribution in [2.45, 2.75) is 31.3 Å². The largest absolute Gasteiger partial charge is 0.453 e. The van der Waals surface area contributed by atoms with Crippen LogP contribution in [0.3, 0.4) is 0 Å². The lowest BCUT2D eigenvalue weighted by Gasteiger charge is -2.27. The van der Waals surface area contributed by atoms with Gasteiger partial charge in [0.05, 0.1) is 30.6 Å². The van der Waals surface area contributed by atoms with Gasteiger partial charge in [0.2, 0.25) is 12.3 Å². The fourth-order valence-electron chi connectivity index (χ4n) is 4.96. The number of ether oxygens (including phenoxy) is 1. The molecule has 0 aliphatic carbocycles. The Morgan fingerprint density at radius 2 is 1.97 bits per heavy atom. The molecule has 1 aliphatic rings. The number of nitrogens with zero attached hydrogens (tertiary/aromatic N) is 3. The number of amides is 3. The molecule has 202 valence electrons. The highest BCUT2D eigenvalue weighted by atomic mass is 16.5. The summed E-state index contributed by atoms with van der Waals surface area (Å²) in [5.74, 6) is 0.869. The number of aliphatic hydroxyl groups is 1. The van der Waals surface area contributed by atoms with Crippen molar-refractivity contribution in [3.63, 3.8) is 0 Å². The van der Waals surface area contributed by atoms with Gasteiger partial charge in [-0.25, -0.2) is 9.78 Å². The first-order valence-electron chi connectivity index (χ1n) is 12.6. The van der Waals surface area contributed by atoms with Gasteiger partial charge in [0.25, 0.3) is 0 Å². The van der Waals surface area contributed by atoms with Crippen LogP contribution in [0, 0.1) is 0 Å². The van der Waals surface area contributed by atoms with Crippen LogP contribution in [0.4, 0.5) is 10.6 Å². The number of carbonyl (C=O) groups excluding carboxylic acids is 3. The summed E-state index contributed by atoms with van der Waals surface area (Å²) >= 11 is 0. The number of rotatable bonds is 9. The monoisotopic (exact) mass is 531 g/mol. The zero-order chi connectivity index (χ0) is 27.4. The van der Waals surface area contributed by atoms with Crippen molar-refractivity contribution >= 4 is 35.1 Å². The molecule has 12 heteroatoms. The van der Waals surface area contributed by atoms with Gasteiger partial charge in [-0.2, -0.15) is 5.10 Å². The SMILES string of the molecule is COC(=O)NC(CCO)C(=O)N1CCCC1c1ncc(-c2ccc(-c3ccc4[nH]nc(NC=O)c4c3)cc2)[nH]1. The Bertz CT molecular complexity index is 1480. The summed E-state index contributed by atoms with van der Waals surface area (Å²) in [7, 11) is 1.23. The average Bonchev–Trinajstić information content (AvgIpc) is 3.72. The molecule has 0 bridgehead atoms. The number of benzene rings is 2. The molecule has 5 rings (SSSR count). The molecular weight excluding hydrogens is 502 g/mol. The number of likely N-dealkylation sites (tertiary alicyclic amines) is 1. The molecule has 2 atom stereocenters. The molecule has 12 nitrogen and oxygen atoms in total. The molecule has 39 heavy (non-hydrogen) atoms. The number of hydrogen-bond donors (Lipinski definition) is 5. The van der Waals surface area contributed by atoms with Crippen molar-refractivity contribution in [2.24, 2.45) is 0 Å². The van der Waals surface area contributed by atoms with Gasteiger partial charge < -0.3 is 30.4 Å². The van der Waals surface area contributed by atoms with Gasteiger partial charge >= 0.3 is 6.09 Å². The van der Waals surface area contributed by atoms with Crippen molar-refractivity contribution in [1.82, 2.24) is 30.4 Å². The van der Waals surface area contributed by atoms with Gasteiger partial charge in [-0.15, -0.1) is 0 Å². The Hall–Kier alpha value is -4.71. The zero-order valence-electron chi connectivity index (χ0n) is 21.3. The number of aliphatic hydroxyl groups excluding tert-OH is 1. The summed E-state index contributed by atoms with van der Waals surface area (Å²) in [5.41, 5.74) is 4.56. The number of aromatic nitrogens is 4. The highest BCUT2D eigenvalue weighted by Crippen LogP contribution is 2.33. The number of fused-ring (bicyclic) bond motifs is 1. The number of carbonyl (C=O) groups is 3.